The molecule has 84 valence electrons. The van der Waals surface area contributed by atoms with Crippen LogP contribution in [0.25, 0.3) is 5.65 Å². The number of nitrogens with zero attached hydrogens (tertiary/aromatic N) is 1. The van der Waals surface area contributed by atoms with Crippen molar-refractivity contribution in [2.24, 2.45) is 5.92 Å². The lowest BCUT2D eigenvalue weighted by atomic mass is 10.0. The van der Waals surface area contributed by atoms with Crippen LogP contribution in [0, 0.1) is 5.92 Å². The fraction of sp³-hybridized carbons (Fsp3) is 0.417. The van der Waals surface area contributed by atoms with Gasteiger partial charge < -0.3 is 9.38 Å². The van der Waals surface area contributed by atoms with Crippen molar-refractivity contribution in [1.29, 1.82) is 0 Å². The molecule has 0 aliphatic carbocycles. The highest BCUT2D eigenvalue weighted by Gasteiger charge is 2.16. The Morgan fingerprint density at radius 2 is 2.50 bits per heavy atom. The lowest BCUT2D eigenvalue weighted by Gasteiger charge is -2.04. The van der Waals surface area contributed by atoms with Gasteiger partial charge in [-0.15, -0.1) is 0 Å². The largest absolute Gasteiger partial charge is 0.343 e. The molecule has 0 saturated carbocycles. The van der Waals surface area contributed by atoms with Crippen molar-refractivity contribution in [3.63, 3.8) is 0 Å². The Kier molecular flexibility index (Phi) is 2.52. The van der Waals surface area contributed by atoms with Gasteiger partial charge in [-0.2, -0.15) is 11.8 Å². The molecule has 1 unspecified atom stereocenters. The highest BCUT2D eigenvalue weighted by atomic mass is 32.2. The van der Waals surface area contributed by atoms with Crippen LogP contribution in [0.15, 0.2) is 29.3 Å². The summed E-state index contributed by atoms with van der Waals surface area (Å²) in [7, 11) is 0. The quantitative estimate of drug-likeness (QED) is 0.862. The molecule has 0 amide bonds. The molecule has 1 aliphatic heterocycles. The van der Waals surface area contributed by atoms with Crippen molar-refractivity contribution < 1.29 is 0 Å². The molecule has 3 rings (SSSR count). The molecule has 0 spiro atoms. The molecular formula is C12H14N2OS. The number of thioether (sulfide) groups is 1. The average Bonchev–Trinajstić information content (AvgIpc) is 2.86. The van der Waals surface area contributed by atoms with Crippen LogP contribution in [0.2, 0.25) is 0 Å². The highest BCUT2D eigenvalue weighted by molar-refractivity contribution is 7.99. The molecule has 1 N–H and O–H groups in total. The van der Waals surface area contributed by atoms with Gasteiger partial charge in [0, 0.05) is 30.2 Å². The topological polar surface area (TPSA) is 37.3 Å². The summed E-state index contributed by atoms with van der Waals surface area (Å²) in [5.74, 6) is 3.36. The molecule has 1 saturated heterocycles. The van der Waals surface area contributed by atoms with E-state index in [4.69, 9.17) is 0 Å². The number of rotatable bonds is 2. The number of pyridine rings is 1. The molecular weight excluding hydrogens is 220 g/mol. The number of imidazole rings is 1. The van der Waals surface area contributed by atoms with Crippen LogP contribution in [0.4, 0.5) is 0 Å². The Morgan fingerprint density at radius 3 is 3.31 bits per heavy atom. The van der Waals surface area contributed by atoms with Crippen molar-refractivity contribution in [3.8, 4) is 0 Å². The predicted octanol–water partition coefficient (Wildman–Crippen LogP) is 1.92. The zero-order valence-corrected chi connectivity index (χ0v) is 9.80. The zero-order chi connectivity index (χ0) is 11.0. The third-order valence-electron chi connectivity index (χ3n) is 3.07. The third kappa shape index (κ3) is 1.89. The van der Waals surface area contributed by atoms with Gasteiger partial charge in [-0.05, 0) is 30.3 Å². The van der Waals surface area contributed by atoms with Gasteiger partial charge in [0.1, 0.15) is 5.65 Å². The van der Waals surface area contributed by atoms with Gasteiger partial charge in [-0.25, -0.2) is 0 Å². The summed E-state index contributed by atoms with van der Waals surface area (Å²) in [6, 6.07) is 3.24. The molecule has 2 aromatic rings. The van der Waals surface area contributed by atoms with E-state index < -0.39 is 0 Å². The van der Waals surface area contributed by atoms with Gasteiger partial charge >= 0.3 is 0 Å². The Bertz CT molecular complexity index is 551. The Hall–Kier alpha value is -1.16. The number of H-pyrrole nitrogens is 1. The number of fused-ring (bicyclic) bond motifs is 1. The van der Waals surface area contributed by atoms with Crippen LogP contribution in [0.5, 0.6) is 0 Å². The smallest absolute Gasteiger partial charge is 0.183 e. The van der Waals surface area contributed by atoms with Gasteiger partial charge in [0.25, 0.3) is 0 Å². The Morgan fingerprint density at radius 1 is 1.56 bits per heavy atom. The molecule has 3 heterocycles. The van der Waals surface area contributed by atoms with Crippen molar-refractivity contribution in [1.82, 2.24) is 9.38 Å². The van der Waals surface area contributed by atoms with E-state index in [0.717, 1.165) is 18.0 Å². The Balaban J connectivity index is 1.89. The van der Waals surface area contributed by atoms with Crippen LogP contribution >= 0.6 is 11.8 Å². The second-order valence-electron chi connectivity index (χ2n) is 4.37. The minimum Gasteiger partial charge on any atom is -0.343 e. The average molecular weight is 234 g/mol. The summed E-state index contributed by atoms with van der Waals surface area (Å²) in [5.41, 5.74) is 2.19. The first-order chi connectivity index (χ1) is 7.81. The summed E-state index contributed by atoms with van der Waals surface area (Å²) >= 11 is 2.04. The van der Waals surface area contributed by atoms with Gasteiger partial charge in [-0.3, -0.25) is 4.79 Å². The first-order valence-corrected chi connectivity index (χ1v) is 6.74. The van der Waals surface area contributed by atoms with Gasteiger partial charge in [0.05, 0.1) is 0 Å². The molecule has 1 aliphatic rings. The summed E-state index contributed by atoms with van der Waals surface area (Å²) in [5, 5.41) is 0. The van der Waals surface area contributed by atoms with Crippen molar-refractivity contribution >= 4 is 17.4 Å². The van der Waals surface area contributed by atoms with Crippen LogP contribution in [0.3, 0.4) is 0 Å². The fourth-order valence-corrected chi connectivity index (χ4v) is 3.51. The van der Waals surface area contributed by atoms with Crippen LogP contribution in [0.1, 0.15) is 12.1 Å². The van der Waals surface area contributed by atoms with E-state index in [0.29, 0.717) is 0 Å². The van der Waals surface area contributed by atoms with E-state index in [1.54, 1.807) is 12.1 Å². The summed E-state index contributed by atoms with van der Waals surface area (Å²) in [6.07, 6.45) is 6.33. The monoisotopic (exact) mass is 234 g/mol. The summed E-state index contributed by atoms with van der Waals surface area (Å²) in [6.45, 7) is 0. The van der Waals surface area contributed by atoms with Gasteiger partial charge in [0.2, 0.25) is 0 Å². The molecule has 0 radical (unpaired) electrons. The number of aromatic amines is 1. The van der Waals surface area contributed by atoms with Crippen LogP contribution < -0.4 is 5.43 Å². The SMILES string of the molecule is O=c1ccn2cc(CC3CCSC3)[nH]c2c1. The molecule has 16 heavy (non-hydrogen) atoms. The standard InChI is InChI=1S/C12H14N2OS/c15-11-1-3-14-7-10(13-12(14)6-11)5-9-2-4-16-8-9/h1,3,6-7,9,13H,2,4-5,8H2. The van der Waals surface area contributed by atoms with Crippen molar-refractivity contribution in [2.45, 2.75) is 12.8 Å². The van der Waals surface area contributed by atoms with Gasteiger partial charge in [-0.1, -0.05) is 0 Å². The lowest BCUT2D eigenvalue weighted by molar-refractivity contribution is 0.589. The molecule has 0 aromatic carbocycles. The van der Waals surface area contributed by atoms with E-state index in [2.05, 4.69) is 11.2 Å². The van der Waals surface area contributed by atoms with E-state index in [9.17, 15) is 4.79 Å². The molecule has 0 bridgehead atoms. The second kappa shape index (κ2) is 4.01. The molecule has 4 heteroatoms. The highest BCUT2D eigenvalue weighted by Crippen LogP contribution is 2.26. The van der Waals surface area contributed by atoms with E-state index >= 15 is 0 Å². The first-order valence-electron chi connectivity index (χ1n) is 5.59. The molecule has 1 atom stereocenters. The van der Waals surface area contributed by atoms with E-state index in [1.165, 1.54) is 23.6 Å². The number of hydrogen-bond donors (Lipinski definition) is 1. The maximum absolute atomic E-state index is 11.2. The molecule has 1 fully saturated rings. The summed E-state index contributed by atoms with van der Waals surface area (Å²) < 4.78 is 1.98. The number of hydrogen-bond acceptors (Lipinski definition) is 2. The lowest BCUT2D eigenvalue weighted by Crippen LogP contribution is -2.02. The summed E-state index contributed by atoms with van der Waals surface area (Å²) in [4.78, 5) is 14.5. The van der Waals surface area contributed by atoms with Crippen LogP contribution in [-0.2, 0) is 6.42 Å². The van der Waals surface area contributed by atoms with Gasteiger partial charge in [0.15, 0.2) is 5.43 Å². The fourth-order valence-electron chi connectivity index (χ4n) is 2.23. The first kappa shape index (κ1) is 10.0. The number of aromatic nitrogens is 2. The molecule has 3 nitrogen and oxygen atoms in total. The van der Waals surface area contributed by atoms with Crippen molar-refractivity contribution in [3.05, 3.63) is 40.4 Å². The minimum atomic E-state index is 0.0600. The van der Waals surface area contributed by atoms with E-state index in [-0.39, 0.29) is 5.43 Å². The number of nitrogens with one attached hydrogen (secondary N) is 1. The maximum atomic E-state index is 11.2. The minimum absolute atomic E-state index is 0.0600. The molecule has 2 aromatic heterocycles. The second-order valence-corrected chi connectivity index (χ2v) is 5.52. The van der Waals surface area contributed by atoms with E-state index in [1.807, 2.05) is 22.4 Å². The Labute approximate surface area is 97.9 Å². The zero-order valence-electron chi connectivity index (χ0n) is 8.98. The van der Waals surface area contributed by atoms with Crippen molar-refractivity contribution in [2.75, 3.05) is 11.5 Å². The normalized spacial score (nSPS) is 20.6. The third-order valence-corrected chi connectivity index (χ3v) is 4.30. The maximum Gasteiger partial charge on any atom is 0.183 e. The predicted molar refractivity (Wildman–Crippen MR) is 67.2 cm³/mol. The van der Waals surface area contributed by atoms with Crippen LogP contribution in [-0.4, -0.2) is 20.9 Å².